The van der Waals surface area contributed by atoms with Gasteiger partial charge in [0.05, 0.1) is 6.10 Å². The molecular weight excluding hydrogens is 176 g/mol. The Morgan fingerprint density at radius 1 is 1.00 bits per heavy atom. The highest BCUT2D eigenvalue weighted by Gasteiger charge is 2.26. The lowest BCUT2D eigenvalue weighted by atomic mass is 9.79. The molecule has 0 saturated carbocycles. The predicted molar refractivity (Wildman–Crippen MR) is 60.2 cm³/mol. The van der Waals surface area contributed by atoms with Crippen LogP contribution in [0.3, 0.4) is 0 Å². The Morgan fingerprint density at radius 2 is 1.43 bits per heavy atom. The summed E-state index contributed by atoms with van der Waals surface area (Å²) < 4.78 is 0. The Hall–Kier alpha value is -0.0800. The molecule has 0 rings (SSSR count). The second-order valence-electron chi connectivity index (χ2n) is 5.90. The first-order valence-electron chi connectivity index (χ1n) is 5.51. The lowest BCUT2D eigenvalue weighted by Gasteiger charge is -2.30. The van der Waals surface area contributed by atoms with E-state index < -0.39 is 0 Å². The van der Waals surface area contributed by atoms with E-state index >= 15 is 0 Å². The van der Waals surface area contributed by atoms with Gasteiger partial charge in [0.2, 0.25) is 0 Å². The van der Waals surface area contributed by atoms with Crippen molar-refractivity contribution >= 4 is 0 Å². The summed E-state index contributed by atoms with van der Waals surface area (Å²) in [6, 6.07) is 0. The summed E-state index contributed by atoms with van der Waals surface area (Å²) in [4.78, 5) is 0. The zero-order valence-electron chi connectivity index (χ0n) is 10.3. The largest absolute Gasteiger partial charge is 0.396 e. The van der Waals surface area contributed by atoms with E-state index in [9.17, 15) is 5.11 Å². The highest BCUT2D eigenvalue weighted by molar-refractivity contribution is 4.77. The molecule has 14 heavy (non-hydrogen) atoms. The second-order valence-corrected chi connectivity index (χ2v) is 5.90. The van der Waals surface area contributed by atoms with Crippen LogP contribution in [0.2, 0.25) is 0 Å². The highest BCUT2D eigenvalue weighted by Crippen LogP contribution is 2.31. The molecule has 1 atom stereocenters. The van der Waals surface area contributed by atoms with Crippen molar-refractivity contribution in [2.75, 3.05) is 6.61 Å². The van der Waals surface area contributed by atoms with Crippen molar-refractivity contribution in [3.05, 3.63) is 0 Å². The molecule has 0 bridgehead atoms. The first kappa shape index (κ1) is 13.9. The number of aliphatic hydroxyl groups excluding tert-OH is 2. The number of hydrogen-bond acceptors (Lipinski definition) is 2. The third-order valence-corrected chi connectivity index (χ3v) is 2.96. The third kappa shape index (κ3) is 5.61. The van der Waals surface area contributed by atoms with Gasteiger partial charge in [-0.25, -0.2) is 0 Å². The van der Waals surface area contributed by atoms with Crippen molar-refractivity contribution < 1.29 is 10.2 Å². The van der Waals surface area contributed by atoms with Crippen molar-refractivity contribution in [1.82, 2.24) is 0 Å². The van der Waals surface area contributed by atoms with Gasteiger partial charge in [-0.2, -0.15) is 0 Å². The number of aliphatic hydroxyl groups is 2. The molecule has 0 amide bonds. The van der Waals surface area contributed by atoms with Crippen LogP contribution in [0, 0.1) is 10.8 Å². The van der Waals surface area contributed by atoms with Gasteiger partial charge >= 0.3 is 0 Å². The van der Waals surface area contributed by atoms with Gasteiger partial charge in [0, 0.05) is 6.61 Å². The van der Waals surface area contributed by atoms with Crippen LogP contribution in [-0.4, -0.2) is 22.9 Å². The van der Waals surface area contributed by atoms with Gasteiger partial charge in [-0.05, 0) is 23.7 Å². The maximum Gasteiger partial charge on any atom is 0.0551 e. The molecule has 0 aliphatic heterocycles. The highest BCUT2D eigenvalue weighted by atomic mass is 16.3. The topological polar surface area (TPSA) is 40.5 Å². The Morgan fingerprint density at radius 3 is 1.79 bits per heavy atom. The normalized spacial score (nSPS) is 15.6. The van der Waals surface area contributed by atoms with E-state index in [2.05, 4.69) is 20.8 Å². The Labute approximate surface area is 88.3 Å². The van der Waals surface area contributed by atoms with Crippen LogP contribution >= 0.6 is 0 Å². The van der Waals surface area contributed by atoms with E-state index in [1.807, 2.05) is 13.8 Å². The van der Waals surface area contributed by atoms with E-state index in [4.69, 9.17) is 5.11 Å². The first-order chi connectivity index (χ1) is 6.22. The van der Waals surface area contributed by atoms with E-state index in [0.29, 0.717) is 6.42 Å². The van der Waals surface area contributed by atoms with Crippen LogP contribution in [0.1, 0.15) is 53.9 Å². The van der Waals surface area contributed by atoms with E-state index in [0.717, 1.165) is 12.8 Å². The summed E-state index contributed by atoms with van der Waals surface area (Å²) >= 11 is 0. The molecule has 0 aliphatic carbocycles. The molecule has 0 aromatic heterocycles. The van der Waals surface area contributed by atoms with Gasteiger partial charge in [0.15, 0.2) is 0 Å². The minimum atomic E-state index is -0.299. The van der Waals surface area contributed by atoms with Crippen LogP contribution in [0.4, 0.5) is 0 Å². The average molecular weight is 202 g/mol. The monoisotopic (exact) mass is 202 g/mol. The Bertz CT molecular complexity index is 144. The fourth-order valence-corrected chi connectivity index (χ4v) is 1.56. The quantitative estimate of drug-likeness (QED) is 0.695. The second kappa shape index (κ2) is 5.13. The third-order valence-electron chi connectivity index (χ3n) is 2.96. The zero-order chi connectivity index (χ0) is 11.4. The molecule has 0 fully saturated rings. The molecule has 0 aromatic rings. The molecule has 0 heterocycles. The van der Waals surface area contributed by atoms with Gasteiger partial charge < -0.3 is 10.2 Å². The first-order valence-corrected chi connectivity index (χ1v) is 5.51. The van der Waals surface area contributed by atoms with Crippen molar-refractivity contribution in [3.8, 4) is 0 Å². The van der Waals surface area contributed by atoms with Crippen LogP contribution in [0.15, 0.2) is 0 Å². The van der Waals surface area contributed by atoms with Gasteiger partial charge in [0.25, 0.3) is 0 Å². The maximum absolute atomic E-state index is 9.87. The molecule has 0 spiro atoms. The molecule has 2 nitrogen and oxygen atoms in total. The lowest BCUT2D eigenvalue weighted by molar-refractivity contribution is 0.0445. The summed E-state index contributed by atoms with van der Waals surface area (Å²) in [5, 5.41) is 19.0. The van der Waals surface area contributed by atoms with Crippen molar-refractivity contribution in [2.45, 2.75) is 60.0 Å². The van der Waals surface area contributed by atoms with Crippen molar-refractivity contribution in [1.29, 1.82) is 0 Å². The summed E-state index contributed by atoms with van der Waals surface area (Å²) in [6.45, 7) is 10.6. The van der Waals surface area contributed by atoms with Gasteiger partial charge in [-0.15, -0.1) is 0 Å². The van der Waals surface area contributed by atoms with E-state index in [-0.39, 0.29) is 23.5 Å². The fraction of sp³-hybridized carbons (Fsp3) is 1.00. The Balaban J connectivity index is 4.04. The summed E-state index contributed by atoms with van der Waals surface area (Å²) in [6.07, 6.45) is 2.26. The summed E-state index contributed by atoms with van der Waals surface area (Å²) in [7, 11) is 0. The predicted octanol–water partition coefficient (Wildman–Crippen LogP) is 2.58. The van der Waals surface area contributed by atoms with Crippen molar-refractivity contribution in [2.24, 2.45) is 10.8 Å². The van der Waals surface area contributed by atoms with Crippen LogP contribution in [-0.2, 0) is 0 Å². The Kier molecular flexibility index (Phi) is 5.10. The van der Waals surface area contributed by atoms with Crippen LogP contribution in [0.25, 0.3) is 0 Å². The molecule has 1 unspecified atom stereocenters. The zero-order valence-corrected chi connectivity index (χ0v) is 10.3. The van der Waals surface area contributed by atoms with Crippen LogP contribution in [0.5, 0.6) is 0 Å². The summed E-state index contributed by atoms with van der Waals surface area (Å²) in [5.41, 5.74) is 0.0359. The molecular formula is C12H26O2. The van der Waals surface area contributed by atoms with Gasteiger partial charge in [-0.3, -0.25) is 0 Å². The molecule has 0 saturated heterocycles. The fourth-order valence-electron chi connectivity index (χ4n) is 1.56. The number of hydrogen-bond donors (Lipinski definition) is 2. The SMILES string of the molecule is CCC(C)(C)CC(O)CC(C)(C)CO. The van der Waals surface area contributed by atoms with Crippen molar-refractivity contribution in [3.63, 3.8) is 0 Å². The average Bonchev–Trinajstić information content (AvgIpc) is 2.02. The molecule has 86 valence electrons. The van der Waals surface area contributed by atoms with Gasteiger partial charge in [-0.1, -0.05) is 41.0 Å². The van der Waals surface area contributed by atoms with E-state index in [1.54, 1.807) is 0 Å². The minimum absolute atomic E-state index is 0.136. The number of rotatable bonds is 6. The molecule has 0 aliphatic rings. The van der Waals surface area contributed by atoms with Crippen LogP contribution < -0.4 is 0 Å². The minimum Gasteiger partial charge on any atom is -0.396 e. The maximum atomic E-state index is 9.87. The molecule has 2 heteroatoms. The molecule has 2 N–H and O–H groups in total. The summed E-state index contributed by atoms with van der Waals surface area (Å²) in [5.74, 6) is 0. The molecule has 0 radical (unpaired) electrons. The molecule has 0 aromatic carbocycles. The smallest absolute Gasteiger partial charge is 0.0551 e. The lowest BCUT2D eigenvalue weighted by Crippen LogP contribution is -2.28. The van der Waals surface area contributed by atoms with Gasteiger partial charge in [0.1, 0.15) is 0 Å². The standard InChI is InChI=1S/C12H26O2/c1-6-11(2,3)7-10(14)8-12(4,5)9-13/h10,13-14H,6-9H2,1-5H3. The van der Waals surface area contributed by atoms with E-state index in [1.165, 1.54) is 0 Å².